The van der Waals surface area contributed by atoms with Crippen LogP contribution in [0.1, 0.15) is 141 Å². The zero-order valence-electron chi connectivity index (χ0n) is 62.6. The summed E-state index contributed by atoms with van der Waals surface area (Å²) in [6, 6.07) is -4.71. The summed E-state index contributed by atoms with van der Waals surface area (Å²) in [4.78, 5) is 229. The number of nitrogens with zero attached hydrogens (tertiary/aromatic N) is 1. The van der Waals surface area contributed by atoms with E-state index in [1.165, 1.54) is 31.2 Å². The number of aliphatic carboxylic acids is 3. The first-order valence-corrected chi connectivity index (χ1v) is 36.8. The van der Waals surface area contributed by atoms with Crippen molar-refractivity contribution in [1.29, 1.82) is 0 Å². The predicted octanol–water partition coefficient (Wildman–Crippen LogP) is -6.29. The number of unbranched alkanes of at least 4 members (excludes halogenated alkanes) is 3. The molecule has 13 atom stereocenters. The van der Waals surface area contributed by atoms with Gasteiger partial charge in [0.1, 0.15) is 78.8 Å². The molecule has 2 aromatic carbocycles. The van der Waals surface area contributed by atoms with Crippen LogP contribution in [0.2, 0.25) is 0 Å². The Labute approximate surface area is 641 Å². The van der Waals surface area contributed by atoms with Crippen LogP contribution in [-0.4, -0.2) is 249 Å². The fourth-order valence-corrected chi connectivity index (χ4v) is 11.5. The van der Waals surface area contributed by atoms with Gasteiger partial charge in [-0.1, -0.05) is 69.2 Å². The molecule has 1 heterocycles. The van der Waals surface area contributed by atoms with Gasteiger partial charge in [0.15, 0.2) is 0 Å². The molecule has 0 bridgehead atoms. The van der Waals surface area contributed by atoms with Crippen LogP contribution in [0, 0.1) is 5.92 Å². The number of aromatic hydroxyl groups is 1. The van der Waals surface area contributed by atoms with Crippen molar-refractivity contribution in [1.82, 2.24) is 68.7 Å². The fourth-order valence-electron chi connectivity index (χ4n) is 11.5. The second-order valence-electron chi connectivity index (χ2n) is 26.9. The lowest BCUT2D eigenvalue weighted by molar-refractivity contribution is -0.143. The molecule has 1 aliphatic rings. The topological polar surface area (TPSA) is 669 Å². The quantitative estimate of drug-likeness (QED) is 0.0274. The third-order valence-electron chi connectivity index (χ3n) is 18.0. The van der Waals surface area contributed by atoms with Crippen molar-refractivity contribution in [2.24, 2.45) is 34.6 Å². The number of amides is 14. The number of likely N-dealkylation sites (tertiary alicyclic amines) is 1. The summed E-state index contributed by atoms with van der Waals surface area (Å²) < 4.78 is 0. The van der Waals surface area contributed by atoms with Gasteiger partial charge < -0.3 is 123 Å². The molecule has 1 saturated heterocycles. The number of carbonyl (C=O) groups is 17. The van der Waals surface area contributed by atoms with E-state index in [1.807, 2.05) is 0 Å². The number of nitrogens with one attached hydrogen (secondary N) is 12. The molecule has 3 rings (SSSR count). The SMILES string of the molecule is CC[C@H](C)[C@H](NC(=O)[C@H](CC(N)=O)NC(=O)[C@H](C)NC(=O)[C@H](Cc1ccc(O)cc1)NC(=O)[C@H](CCC(=O)O)NC(=O)CNC(=O)[C@@H]1CCCN1C(=O)[C@H](CO)NC(=O)[C@H](CCCCN)NC(=O)[C@H](CCCCN)NC(=O)[C@@H](N)CCCCN)C(=O)N[C@@H](CCC(=O)O)C(=O)N[C@@H](Cc1ccccc1)C(=O)NCC(=O)O. The van der Waals surface area contributed by atoms with E-state index in [4.69, 9.17) is 28.7 Å². The van der Waals surface area contributed by atoms with Crippen LogP contribution in [0.15, 0.2) is 54.6 Å². The minimum atomic E-state index is -1.89. The minimum Gasteiger partial charge on any atom is -0.508 e. The van der Waals surface area contributed by atoms with Crippen molar-refractivity contribution >= 4 is 101 Å². The Balaban J connectivity index is 1.82. The first-order chi connectivity index (χ1) is 52.7. The van der Waals surface area contributed by atoms with E-state index >= 15 is 0 Å². The average Bonchev–Trinajstić information content (AvgIpc) is 1.66. The number of primary amides is 1. The van der Waals surface area contributed by atoms with Crippen molar-refractivity contribution in [3.05, 3.63) is 65.7 Å². The van der Waals surface area contributed by atoms with E-state index in [9.17, 15) is 107 Å². The van der Waals surface area contributed by atoms with E-state index in [1.54, 1.807) is 37.3 Å². The Kier molecular flexibility index (Phi) is 42.4. The maximum atomic E-state index is 14.3. The number of nitrogens with two attached hydrogens (primary N) is 5. The molecule has 0 spiro atoms. The van der Waals surface area contributed by atoms with Gasteiger partial charge in [-0.3, -0.25) is 81.5 Å². The average molecular weight is 1570 g/mol. The van der Waals surface area contributed by atoms with Crippen LogP contribution in [0.4, 0.5) is 0 Å². The molecular weight excluding hydrogens is 1460 g/mol. The fraction of sp³-hybridized carbons (Fsp3) is 0.592. The molecule has 0 saturated carbocycles. The van der Waals surface area contributed by atoms with Gasteiger partial charge in [-0.05, 0) is 133 Å². The Morgan fingerprint density at radius 3 is 1.43 bits per heavy atom. The van der Waals surface area contributed by atoms with Crippen LogP contribution < -0.4 is 92.5 Å². The van der Waals surface area contributed by atoms with Gasteiger partial charge in [0.25, 0.3) is 0 Å². The highest BCUT2D eigenvalue weighted by atomic mass is 16.4. The minimum absolute atomic E-state index is 0.0143. The summed E-state index contributed by atoms with van der Waals surface area (Å²) in [7, 11) is 0. The smallest absolute Gasteiger partial charge is 0.322 e. The van der Waals surface area contributed by atoms with E-state index < -0.39 is 237 Å². The molecular formula is C71H110N18O22. The molecule has 2 aromatic rings. The number of carbonyl (C=O) groups excluding carboxylic acids is 14. The van der Waals surface area contributed by atoms with E-state index in [0.717, 1.165) is 11.8 Å². The molecule has 111 heavy (non-hydrogen) atoms. The highest BCUT2D eigenvalue weighted by molar-refractivity contribution is 6.01. The summed E-state index contributed by atoms with van der Waals surface area (Å²) >= 11 is 0. The molecule has 0 aromatic heterocycles. The van der Waals surface area contributed by atoms with Crippen molar-refractivity contribution < 1.29 is 107 Å². The number of aliphatic hydroxyl groups is 1. The Morgan fingerprint density at radius 2 is 0.928 bits per heavy atom. The third kappa shape index (κ3) is 34.7. The molecule has 616 valence electrons. The molecule has 0 aliphatic carbocycles. The number of carboxylic acids is 3. The molecule has 27 N–H and O–H groups in total. The van der Waals surface area contributed by atoms with Gasteiger partial charge in [-0.25, -0.2) is 0 Å². The van der Waals surface area contributed by atoms with Crippen LogP contribution in [-0.2, 0) is 94.3 Å². The number of benzene rings is 2. The Bertz CT molecular complexity index is 3480. The first-order valence-electron chi connectivity index (χ1n) is 36.8. The second kappa shape index (κ2) is 50.0. The monoisotopic (exact) mass is 1570 g/mol. The standard InChI is InChI=1S/C71H110N18O22/c1-4-39(2)59(70(110)83-48(26-28-57(96)97)66(106)85-49(62(102)78-37-58(98)99)33-41-15-6-5-7-16-41)88-68(108)51(35-54(76)92)84-60(100)40(3)79-67(107)50(34-42-21-23-43(91)24-22-42)86-65(105)47(25-27-56(94)95)80-55(93)36-77-69(109)53-20-14-32-89(53)71(111)52(38-90)87-64(104)46(19-10-13-31-74)82-63(103)45(18-9-12-30-73)81-61(101)44(75)17-8-11-29-72/h5-7,15-16,21-24,39-40,44-53,59,90-91H,4,8-14,17-20,25-38,72-75H2,1-3H3,(H2,76,92)(H,77,109)(H,78,102)(H,79,107)(H,80,93)(H,81,101)(H,82,103)(H,83,110)(H,84,100)(H,85,106)(H,86,105)(H,87,104)(H,88,108)(H,94,95)(H,96,97)(H,98,99)/t39-,40-,44-,45-,46-,47-,48-,49-,50-,51-,52-,53-,59-/m0/s1. The van der Waals surface area contributed by atoms with Crippen LogP contribution in [0.3, 0.4) is 0 Å². The summed E-state index contributed by atoms with van der Waals surface area (Å²) in [5, 5.41) is 78.0. The number of hydrogen-bond donors (Lipinski definition) is 22. The van der Waals surface area contributed by atoms with Crippen molar-refractivity contribution in [2.45, 2.75) is 215 Å². The van der Waals surface area contributed by atoms with Gasteiger partial charge in [0.2, 0.25) is 82.7 Å². The molecule has 0 unspecified atom stereocenters. The number of rotatable bonds is 53. The van der Waals surface area contributed by atoms with E-state index in [0.29, 0.717) is 63.6 Å². The van der Waals surface area contributed by atoms with Gasteiger partial charge in [0, 0.05) is 32.2 Å². The molecule has 1 fully saturated rings. The van der Waals surface area contributed by atoms with Crippen LogP contribution in [0.5, 0.6) is 5.75 Å². The largest absolute Gasteiger partial charge is 0.508 e. The zero-order valence-corrected chi connectivity index (χ0v) is 62.6. The first kappa shape index (κ1) is 94.2. The Morgan fingerprint density at radius 1 is 0.477 bits per heavy atom. The number of aliphatic hydroxyl groups excluding tert-OH is 1. The number of hydrogen-bond acceptors (Lipinski definition) is 23. The molecule has 0 radical (unpaired) electrons. The van der Waals surface area contributed by atoms with Gasteiger partial charge >= 0.3 is 17.9 Å². The second-order valence-corrected chi connectivity index (χ2v) is 26.9. The summed E-state index contributed by atoms with van der Waals surface area (Å²) in [6.45, 7) is 2.42. The van der Waals surface area contributed by atoms with Crippen LogP contribution >= 0.6 is 0 Å². The molecule has 1 aliphatic heterocycles. The number of carboxylic acid groups (broad SMARTS) is 3. The lowest BCUT2D eigenvalue weighted by Gasteiger charge is -2.29. The third-order valence-corrected chi connectivity index (χ3v) is 18.0. The predicted molar refractivity (Wildman–Crippen MR) is 396 cm³/mol. The maximum absolute atomic E-state index is 14.3. The number of phenols is 1. The lowest BCUT2D eigenvalue weighted by Crippen LogP contribution is -2.61. The highest BCUT2D eigenvalue weighted by Crippen LogP contribution is 2.20. The van der Waals surface area contributed by atoms with Crippen molar-refractivity contribution in [3.63, 3.8) is 0 Å². The normalized spacial score (nSPS) is 15.6. The zero-order chi connectivity index (χ0) is 82.9. The summed E-state index contributed by atoms with van der Waals surface area (Å²) in [5.74, 6) is -19.2. The summed E-state index contributed by atoms with van der Waals surface area (Å²) in [5.41, 5.74) is 29.4. The van der Waals surface area contributed by atoms with E-state index in [2.05, 4.69) is 63.8 Å². The van der Waals surface area contributed by atoms with Crippen molar-refractivity contribution in [2.75, 3.05) is 45.9 Å². The Hall–Kier alpha value is -11.0. The van der Waals surface area contributed by atoms with Gasteiger partial charge in [-0.15, -0.1) is 0 Å². The molecule has 40 heteroatoms. The molecule has 40 nitrogen and oxygen atoms in total. The maximum Gasteiger partial charge on any atom is 0.322 e. The lowest BCUT2D eigenvalue weighted by atomic mass is 9.96. The van der Waals surface area contributed by atoms with Crippen molar-refractivity contribution in [3.8, 4) is 5.75 Å². The van der Waals surface area contributed by atoms with E-state index in [-0.39, 0.29) is 62.9 Å². The number of phenolic OH excluding ortho intramolecular Hbond substituents is 1. The summed E-state index contributed by atoms with van der Waals surface area (Å²) in [6.07, 6.45) is -0.392. The molecule has 14 amide bonds. The van der Waals surface area contributed by atoms with Crippen LogP contribution in [0.25, 0.3) is 0 Å². The highest BCUT2D eigenvalue weighted by Gasteiger charge is 2.41. The van der Waals surface area contributed by atoms with Gasteiger partial charge in [0.05, 0.1) is 25.6 Å². The van der Waals surface area contributed by atoms with Gasteiger partial charge in [-0.2, -0.15) is 0 Å².